The van der Waals surface area contributed by atoms with Gasteiger partial charge in [-0.2, -0.15) is 0 Å². The van der Waals surface area contributed by atoms with Crippen molar-refractivity contribution in [1.82, 2.24) is 0 Å². The molecule has 25 heavy (non-hydrogen) atoms. The molecule has 0 atom stereocenters. The van der Waals surface area contributed by atoms with Crippen molar-refractivity contribution >= 4 is 11.9 Å². The maximum absolute atomic E-state index is 12.7. The van der Waals surface area contributed by atoms with E-state index in [4.69, 9.17) is 14.7 Å². The van der Waals surface area contributed by atoms with Crippen LogP contribution in [0, 0.1) is 5.41 Å². The zero-order chi connectivity index (χ0) is 18.9. The van der Waals surface area contributed by atoms with Crippen LogP contribution in [0.25, 0.3) is 0 Å². The van der Waals surface area contributed by atoms with Crippen molar-refractivity contribution < 1.29 is 29.2 Å². The predicted molar refractivity (Wildman–Crippen MR) is 92.8 cm³/mol. The molecule has 0 aromatic heterocycles. The predicted octanol–water partition coefficient (Wildman–Crippen LogP) is 3.17. The Hall–Kier alpha value is -2.18. The Kier molecular flexibility index (Phi) is 7.80. The van der Waals surface area contributed by atoms with Gasteiger partial charge in [0, 0.05) is 6.42 Å². The largest absolute Gasteiger partial charge is 0.465 e. The fourth-order valence-electron chi connectivity index (χ4n) is 2.23. The average Bonchev–Trinajstić information content (AvgIpc) is 2.60. The number of hydrogen-bond acceptors (Lipinski definition) is 6. The topological polar surface area (TPSA) is 82.1 Å². The zero-order valence-corrected chi connectivity index (χ0v) is 15.2. The quantitative estimate of drug-likeness (QED) is 0.242. The molecule has 0 spiro atoms. The molecular formula is C19H26O6. The highest BCUT2D eigenvalue weighted by Gasteiger charge is 2.47. The van der Waals surface area contributed by atoms with E-state index in [0.717, 1.165) is 5.56 Å². The Morgan fingerprint density at radius 3 is 1.96 bits per heavy atom. The van der Waals surface area contributed by atoms with Gasteiger partial charge < -0.3 is 9.47 Å². The van der Waals surface area contributed by atoms with E-state index in [0.29, 0.717) is 0 Å². The minimum absolute atomic E-state index is 0.0729. The molecule has 138 valence electrons. The summed E-state index contributed by atoms with van der Waals surface area (Å²) in [4.78, 5) is 29.8. The molecule has 0 amide bonds. The van der Waals surface area contributed by atoms with Crippen molar-refractivity contribution in [2.75, 3.05) is 13.2 Å². The first-order chi connectivity index (χ1) is 11.8. The highest BCUT2D eigenvalue weighted by molar-refractivity contribution is 6.02. The Morgan fingerprint density at radius 1 is 1.00 bits per heavy atom. The monoisotopic (exact) mass is 350 g/mol. The van der Waals surface area contributed by atoms with Crippen LogP contribution in [0.1, 0.15) is 33.3 Å². The van der Waals surface area contributed by atoms with Crippen molar-refractivity contribution in [2.24, 2.45) is 5.41 Å². The summed E-state index contributed by atoms with van der Waals surface area (Å²) in [7, 11) is 0. The normalized spacial score (nSPS) is 12.2. The second kappa shape index (κ2) is 9.34. The van der Waals surface area contributed by atoms with E-state index >= 15 is 0 Å². The van der Waals surface area contributed by atoms with Gasteiger partial charge in [0.1, 0.15) is 5.60 Å². The molecule has 0 aliphatic heterocycles. The molecule has 0 saturated heterocycles. The molecule has 0 saturated carbocycles. The number of rotatable bonds is 9. The molecule has 0 radical (unpaired) electrons. The maximum atomic E-state index is 12.7. The zero-order valence-electron chi connectivity index (χ0n) is 15.2. The molecule has 1 rings (SSSR count). The highest BCUT2D eigenvalue weighted by atomic mass is 17.1. The molecule has 0 fully saturated rings. The van der Waals surface area contributed by atoms with E-state index in [9.17, 15) is 9.59 Å². The summed E-state index contributed by atoms with van der Waals surface area (Å²) < 4.78 is 10.3. The molecule has 0 bridgehead atoms. The molecular weight excluding hydrogens is 324 g/mol. The van der Waals surface area contributed by atoms with Crippen LogP contribution in [0.5, 0.6) is 0 Å². The minimum atomic E-state index is -1.66. The van der Waals surface area contributed by atoms with Crippen LogP contribution in [-0.2, 0) is 30.4 Å². The van der Waals surface area contributed by atoms with E-state index in [1.807, 2.05) is 30.3 Å². The van der Waals surface area contributed by atoms with Crippen LogP contribution in [-0.4, -0.2) is 36.0 Å². The van der Waals surface area contributed by atoms with Gasteiger partial charge in [0.15, 0.2) is 5.41 Å². The highest BCUT2D eigenvalue weighted by Crippen LogP contribution is 2.30. The standard InChI is InChI=1S/C19H26O6/c1-5-23-16(20)19(17(21)24-6-2,13-12-18(3,4)25-22)14-15-10-8-7-9-11-15/h7-13,22H,5-6,14H2,1-4H3/b13-12+. The van der Waals surface area contributed by atoms with E-state index in [1.54, 1.807) is 27.7 Å². The third-order valence-electron chi connectivity index (χ3n) is 3.61. The van der Waals surface area contributed by atoms with Gasteiger partial charge in [-0.3, -0.25) is 14.8 Å². The lowest BCUT2D eigenvalue weighted by atomic mass is 9.80. The maximum Gasteiger partial charge on any atom is 0.327 e. The molecule has 0 unspecified atom stereocenters. The molecule has 1 N–H and O–H groups in total. The van der Waals surface area contributed by atoms with Crippen molar-refractivity contribution in [3.05, 3.63) is 48.0 Å². The summed E-state index contributed by atoms with van der Waals surface area (Å²) in [6.07, 6.45) is 2.92. The van der Waals surface area contributed by atoms with Gasteiger partial charge in [0.2, 0.25) is 0 Å². The molecule has 6 heteroatoms. The summed E-state index contributed by atoms with van der Waals surface area (Å²) in [5, 5.41) is 8.98. The first-order valence-electron chi connectivity index (χ1n) is 8.22. The Labute approximate surface area is 148 Å². The van der Waals surface area contributed by atoms with Crippen molar-refractivity contribution in [3.8, 4) is 0 Å². The van der Waals surface area contributed by atoms with Crippen LogP contribution in [0.2, 0.25) is 0 Å². The van der Waals surface area contributed by atoms with E-state index in [1.165, 1.54) is 12.2 Å². The van der Waals surface area contributed by atoms with Crippen LogP contribution < -0.4 is 0 Å². The Morgan fingerprint density at radius 2 is 1.52 bits per heavy atom. The molecule has 1 aromatic carbocycles. The second-order valence-electron chi connectivity index (χ2n) is 6.10. The molecule has 0 aliphatic carbocycles. The van der Waals surface area contributed by atoms with Crippen molar-refractivity contribution in [3.63, 3.8) is 0 Å². The second-order valence-corrected chi connectivity index (χ2v) is 6.10. The number of esters is 2. The summed E-state index contributed by atoms with van der Waals surface area (Å²) in [5.74, 6) is -1.41. The lowest BCUT2D eigenvalue weighted by Gasteiger charge is -2.27. The van der Waals surface area contributed by atoms with Gasteiger partial charge in [0.05, 0.1) is 13.2 Å². The number of carbonyl (C=O) groups excluding carboxylic acids is 2. The van der Waals surface area contributed by atoms with Gasteiger partial charge in [0.25, 0.3) is 0 Å². The first kappa shape index (κ1) is 20.9. The van der Waals surface area contributed by atoms with Crippen molar-refractivity contribution in [1.29, 1.82) is 0 Å². The Bertz CT molecular complexity index is 573. The number of carbonyl (C=O) groups is 2. The van der Waals surface area contributed by atoms with Crippen LogP contribution in [0.3, 0.4) is 0 Å². The summed E-state index contributed by atoms with van der Waals surface area (Å²) in [5.41, 5.74) is -1.97. The third-order valence-corrected chi connectivity index (χ3v) is 3.61. The fraction of sp³-hybridized carbons (Fsp3) is 0.474. The van der Waals surface area contributed by atoms with Gasteiger partial charge in [-0.1, -0.05) is 42.5 Å². The number of ether oxygens (including phenoxy) is 2. The SMILES string of the molecule is CCOC(=O)C(/C=C/C(C)(C)OO)(Cc1ccccc1)C(=O)OCC. The lowest BCUT2D eigenvalue weighted by Crippen LogP contribution is -2.43. The number of benzene rings is 1. The third kappa shape index (κ3) is 5.69. The molecule has 0 aliphatic rings. The van der Waals surface area contributed by atoms with Gasteiger partial charge >= 0.3 is 11.9 Å². The van der Waals surface area contributed by atoms with E-state index in [-0.39, 0.29) is 19.6 Å². The number of hydrogen-bond donors (Lipinski definition) is 1. The van der Waals surface area contributed by atoms with Gasteiger partial charge in [-0.15, -0.1) is 0 Å². The Balaban J connectivity index is 3.40. The van der Waals surface area contributed by atoms with Gasteiger partial charge in [-0.05, 0) is 33.3 Å². The fourth-order valence-corrected chi connectivity index (χ4v) is 2.23. The van der Waals surface area contributed by atoms with Crippen LogP contribution in [0.4, 0.5) is 0 Å². The smallest absolute Gasteiger partial charge is 0.327 e. The average molecular weight is 350 g/mol. The molecule has 0 heterocycles. The summed E-state index contributed by atoms with van der Waals surface area (Å²) in [6, 6.07) is 9.11. The van der Waals surface area contributed by atoms with Crippen LogP contribution in [0.15, 0.2) is 42.5 Å². The van der Waals surface area contributed by atoms with Gasteiger partial charge in [-0.25, -0.2) is 4.89 Å². The van der Waals surface area contributed by atoms with Crippen molar-refractivity contribution in [2.45, 2.75) is 39.7 Å². The minimum Gasteiger partial charge on any atom is -0.465 e. The van der Waals surface area contributed by atoms with E-state index < -0.39 is 23.0 Å². The first-order valence-corrected chi connectivity index (χ1v) is 8.22. The lowest BCUT2D eigenvalue weighted by molar-refractivity contribution is -0.297. The molecule has 1 aromatic rings. The van der Waals surface area contributed by atoms with Crippen LogP contribution >= 0.6 is 0 Å². The summed E-state index contributed by atoms with van der Waals surface area (Å²) >= 11 is 0. The summed E-state index contributed by atoms with van der Waals surface area (Å²) in [6.45, 7) is 6.77. The molecule has 6 nitrogen and oxygen atoms in total. The van der Waals surface area contributed by atoms with E-state index in [2.05, 4.69) is 4.89 Å².